The van der Waals surface area contributed by atoms with E-state index in [4.69, 9.17) is 5.73 Å². The summed E-state index contributed by atoms with van der Waals surface area (Å²) in [6, 6.07) is 11.7. The first-order chi connectivity index (χ1) is 7.68. The molecule has 1 heterocycles. The number of nitrogens with two attached hydrogens (primary N) is 1. The van der Waals surface area contributed by atoms with E-state index in [1.807, 2.05) is 36.4 Å². The molecule has 0 amide bonds. The van der Waals surface area contributed by atoms with Crippen molar-refractivity contribution in [2.45, 2.75) is 0 Å². The van der Waals surface area contributed by atoms with E-state index in [1.165, 1.54) is 0 Å². The van der Waals surface area contributed by atoms with Crippen LogP contribution in [0.2, 0.25) is 0 Å². The van der Waals surface area contributed by atoms with Crippen LogP contribution in [0, 0.1) is 0 Å². The van der Waals surface area contributed by atoms with Crippen LogP contribution in [0.3, 0.4) is 0 Å². The summed E-state index contributed by atoms with van der Waals surface area (Å²) in [7, 11) is 0. The number of aromatic nitrogens is 1. The van der Waals surface area contributed by atoms with Gasteiger partial charge in [-0.1, -0.05) is 34.6 Å². The Labute approximate surface area is 103 Å². The third kappa shape index (κ3) is 2.14. The Hall–Kier alpha value is -1.61. The van der Waals surface area contributed by atoms with Crippen LogP contribution < -0.4 is 5.73 Å². The Bertz CT molecular complexity index is 535. The zero-order chi connectivity index (χ0) is 11.5. The third-order valence-corrected chi connectivity index (χ3v) is 2.83. The van der Waals surface area contributed by atoms with E-state index in [0.717, 1.165) is 21.2 Å². The monoisotopic (exact) mass is 274 g/mol. The van der Waals surface area contributed by atoms with Crippen LogP contribution in [-0.2, 0) is 0 Å². The van der Waals surface area contributed by atoms with Gasteiger partial charge >= 0.3 is 0 Å². The molecule has 0 bridgehead atoms. The van der Waals surface area contributed by atoms with Gasteiger partial charge in [-0.15, -0.1) is 0 Å². The first kappa shape index (κ1) is 10.9. The van der Waals surface area contributed by atoms with Crippen LogP contribution in [0.15, 0.2) is 53.6 Å². The highest BCUT2D eigenvalue weighted by molar-refractivity contribution is 9.10. The van der Waals surface area contributed by atoms with E-state index in [0.29, 0.717) is 5.82 Å². The number of nitrogens with zero attached hydrogens (tertiary/aromatic N) is 1. The van der Waals surface area contributed by atoms with E-state index in [1.54, 1.807) is 6.20 Å². The normalized spacial score (nSPS) is 10.1. The number of halogens is 1. The molecular formula is C13H11BrN2. The SMILES string of the molecule is C=C(c1cccc(Br)c1)c1cccnc1N. The quantitative estimate of drug-likeness (QED) is 0.911. The molecule has 2 nitrogen and oxygen atoms in total. The summed E-state index contributed by atoms with van der Waals surface area (Å²) in [6.45, 7) is 4.06. The predicted molar refractivity (Wildman–Crippen MR) is 70.9 cm³/mol. The summed E-state index contributed by atoms with van der Waals surface area (Å²) in [5.74, 6) is 0.507. The molecule has 0 radical (unpaired) electrons. The Kier molecular flexibility index (Phi) is 3.06. The second-order valence-corrected chi connectivity index (χ2v) is 4.34. The number of pyridine rings is 1. The van der Waals surface area contributed by atoms with Crippen molar-refractivity contribution in [1.29, 1.82) is 0 Å². The summed E-state index contributed by atoms with van der Waals surface area (Å²) >= 11 is 3.43. The Balaban J connectivity index is 2.44. The number of nitrogen functional groups attached to an aromatic ring is 1. The van der Waals surface area contributed by atoms with Crippen LogP contribution in [0.4, 0.5) is 5.82 Å². The molecule has 80 valence electrons. The first-order valence-electron chi connectivity index (χ1n) is 4.84. The molecule has 3 heteroatoms. The van der Waals surface area contributed by atoms with Gasteiger partial charge in [-0.25, -0.2) is 4.98 Å². The topological polar surface area (TPSA) is 38.9 Å². The van der Waals surface area contributed by atoms with E-state index >= 15 is 0 Å². The lowest BCUT2D eigenvalue weighted by Gasteiger charge is -2.08. The lowest BCUT2D eigenvalue weighted by Crippen LogP contribution is -1.96. The Morgan fingerprint density at radius 1 is 1.25 bits per heavy atom. The summed E-state index contributed by atoms with van der Waals surface area (Å²) < 4.78 is 1.02. The number of hydrogen-bond donors (Lipinski definition) is 1. The summed E-state index contributed by atoms with van der Waals surface area (Å²) in [4.78, 5) is 4.05. The first-order valence-corrected chi connectivity index (χ1v) is 5.63. The predicted octanol–water partition coefficient (Wildman–Crippen LogP) is 3.49. The maximum Gasteiger partial charge on any atom is 0.131 e. The average Bonchev–Trinajstić information content (AvgIpc) is 2.29. The van der Waals surface area contributed by atoms with Gasteiger partial charge in [0.1, 0.15) is 5.82 Å². The van der Waals surface area contributed by atoms with E-state index < -0.39 is 0 Å². The molecule has 0 spiro atoms. The average molecular weight is 275 g/mol. The highest BCUT2D eigenvalue weighted by Crippen LogP contribution is 2.26. The van der Waals surface area contributed by atoms with Crippen LogP contribution in [0.1, 0.15) is 11.1 Å². The summed E-state index contributed by atoms with van der Waals surface area (Å²) in [5.41, 5.74) is 8.61. The van der Waals surface area contributed by atoms with Gasteiger partial charge in [-0.3, -0.25) is 0 Å². The lowest BCUT2D eigenvalue weighted by atomic mass is 10.0. The van der Waals surface area contributed by atoms with Gasteiger partial charge in [0.05, 0.1) is 0 Å². The Morgan fingerprint density at radius 3 is 2.75 bits per heavy atom. The van der Waals surface area contributed by atoms with E-state index in [-0.39, 0.29) is 0 Å². The molecule has 16 heavy (non-hydrogen) atoms. The molecule has 1 aromatic heterocycles. The fourth-order valence-electron chi connectivity index (χ4n) is 1.50. The highest BCUT2D eigenvalue weighted by atomic mass is 79.9. The van der Waals surface area contributed by atoms with Crippen LogP contribution in [0.5, 0.6) is 0 Å². The van der Waals surface area contributed by atoms with Gasteiger partial charge in [0.25, 0.3) is 0 Å². The lowest BCUT2D eigenvalue weighted by molar-refractivity contribution is 1.32. The van der Waals surface area contributed by atoms with Crippen molar-refractivity contribution in [1.82, 2.24) is 4.98 Å². The number of benzene rings is 1. The van der Waals surface area contributed by atoms with Crippen LogP contribution in [-0.4, -0.2) is 4.98 Å². The highest BCUT2D eigenvalue weighted by Gasteiger charge is 2.06. The molecule has 1 aromatic carbocycles. The van der Waals surface area contributed by atoms with Crippen LogP contribution in [0.25, 0.3) is 5.57 Å². The Morgan fingerprint density at radius 2 is 2.06 bits per heavy atom. The summed E-state index contributed by atoms with van der Waals surface area (Å²) in [6.07, 6.45) is 1.67. The van der Waals surface area contributed by atoms with Gasteiger partial charge in [-0.2, -0.15) is 0 Å². The summed E-state index contributed by atoms with van der Waals surface area (Å²) in [5, 5.41) is 0. The third-order valence-electron chi connectivity index (χ3n) is 2.34. The van der Waals surface area contributed by atoms with Crippen molar-refractivity contribution < 1.29 is 0 Å². The minimum atomic E-state index is 0.507. The second-order valence-electron chi connectivity index (χ2n) is 3.43. The molecule has 2 N–H and O–H groups in total. The number of anilines is 1. The van der Waals surface area contributed by atoms with Gasteiger partial charge in [0, 0.05) is 16.2 Å². The van der Waals surface area contributed by atoms with Gasteiger partial charge in [-0.05, 0) is 35.4 Å². The molecule has 0 aliphatic rings. The van der Waals surface area contributed by atoms with Crippen molar-refractivity contribution in [2.24, 2.45) is 0 Å². The van der Waals surface area contributed by atoms with Crippen molar-refractivity contribution in [2.75, 3.05) is 5.73 Å². The largest absolute Gasteiger partial charge is 0.383 e. The molecule has 0 fully saturated rings. The van der Waals surface area contributed by atoms with Crippen molar-refractivity contribution in [3.8, 4) is 0 Å². The molecule has 0 unspecified atom stereocenters. The molecule has 0 aliphatic heterocycles. The molecule has 2 aromatic rings. The van der Waals surface area contributed by atoms with Gasteiger partial charge < -0.3 is 5.73 Å². The molecule has 0 saturated heterocycles. The number of hydrogen-bond acceptors (Lipinski definition) is 2. The fourth-order valence-corrected chi connectivity index (χ4v) is 1.90. The molecule has 0 aliphatic carbocycles. The van der Waals surface area contributed by atoms with Gasteiger partial charge in [0.2, 0.25) is 0 Å². The van der Waals surface area contributed by atoms with E-state index in [9.17, 15) is 0 Å². The van der Waals surface area contributed by atoms with Crippen molar-refractivity contribution in [3.63, 3.8) is 0 Å². The van der Waals surface area contributed by atoms with Crippen LogP contribution >= 0.6 is 15.9 Å². The fraction of sp³-hybridized carbons (Fsp3) is 0. The van der Waals surface area contributed by atoms with Crippen molar-refractivity contribution >= 4 is 27.3 Å². The minimum absolute atomic E-state index is 0.507. The van der Waals surface area contributed by atoms with Gasteiger partial charge in [0.15, 0.2) is 0 Å². The molecular weight excluding hydrogens is 264 g/mol. The smallest absolute Gasteiger partial charge is 0.131 e. The minimum Gasteiger partial charge on any atom is -0.383 e. The molecule has 0 saturated carbocycles. The standard InChI is InChI=1S/C13H11BrN2/c1-9(10-4-2-5-11(14)8-10)12-6-3-7-16-13(12)15/h2-8H,1H2,(H2,15,16). The van der Waals surface area contributed by atoms with Crippen molar-refractivity contribution in [3.05, 3.63) is 64.8 Å². The molecule has 0 atom stereocenters. The second kappa shape index (κ2) is 4.49. The maximum absolute atomic E-state index is 5.81. The van der Waals surface area contributed by atoms with E-state index in [2.05, 4.69) is 27.5 Å². The number of rotatable bonds is 2. The molecule has 2 rings (SSSR count). The zero-order valence-corrected chi connectivity index (χ0v) is 10.2. The maximum atomic E-state index is 5.81. The zero-order valence-electron chi connectivity index (χ0n) is 8.65.